The quantitative estimate of drug-likeness (QED) is 0.318. The molecule has 2 aromatic rings. The van der Waals surface area contributed by atoms with E-state index in [1.165, 1.54) is 32.3 Å². The van der Waals surface area contributed by atoms with Gasteiger partial charge in [0, 0.05) is 31.5 Å². The van der Waals surface area contributed by atoms with Gasteiger partial charge in [-0.15, -0.1) is 0 Å². The van der Waals surface area contributed by atoms with Crippen LogP contribution < -0.4 is 14.4 Å². The predicted molar refractivity (Wildman–Crippen MR) is 131 cm³/mol. The monoisotopic (exact) mass is 514 g/mol. The maximum absolute atomic E-state index is 13.6. The third-order valence-corrected chi connectivity index (χ3v) is 6.64. The molecule has 198 valence electrons. The maximum Gasteiger partial charge on any atom is 0.410 e. The van der Waals surface area contributed by atoms with Gasteiger partial charge in [0.1, 0.15) is 17.5 Å². The average molecular weight is 515 g/mol. The molecule has 0 radical (unpaired) electrons. The number of carbonyl (C=O) groups is 3. The number of methoxy groups -OCH3 is 4. The highest BCUT2D eigenvalue weighted by Gasteiger charge is 2.59. The van der Waals surface area contributed by atoms with Crippen LogP contribution in [0.5, 0.6) is 11.5 Å². The first-order chi connectivity index (χ1) is 17.9. The Hall–Kier alpha value is -3.83. The van der Waals surface area contributed by atoms with Crippen LogP contribution in [-0.2, 0) is 25.5 Å². The van der Waals surface area contributed by atoms with E-state index in [2.05, 4.69) is 0 Å². The largest absolute Gasteiger partial charge is 0.497 e. The van der Waals surface area contributed by atoms with Crippen molar-refractivity contribution in [2.24, 2.45) is 0 Å². The third kappa shape index (κ3) is 5.05. The number of ketones is 1. The molecule has 0 aliphatic carbocycles. The molecule has 2 aliphatic heterocycles. The number of benzene rings is 2. The molecule has 11 heteroatoms. The van der Waals surface area contributed by atoms with E-state index in [1.54, 1.807) is 13.2 Å². The van der Waals surface area contributed by atoms with Gasteiger partial charge in [-0.05, 0) is 29.8 Å². The summed E-state index contributed by atoms with van der Waals surface area (Å²) in [4.78, 5) is 41.9. The van der Waals surface area contributed by atoms with Gasteiger partial charge in [-0.1, -0.05) is 12.1 Å². The van der Waals surface area contributed by atoms with E-state index in [0.717, 1.165) is 5.56 Å². The van der Waals surface area contributed by atoms with Crippen molar-refractivity contribution in [1.29, 1.82) is 0 Å². The van der Waals surface area contributed by atoms with Gasteiger partial charge in [-0.2, -0.15) is 0 Å². The van der Waals surface area contributed by atoms with Crippen LogP contribution in [0.2, 0.25) is 0 Å². The van der Waals surface area contributed by atoms with Crippen molar-refractivity contribution in [3.05, 3.63) is 53.1 Å². The topological polar surface area (TPSA) is 124 Å². The summed E-state index contributed by atoms with van der Waals surface area (Å²) in [5, 5.41) is 10.4. The fourth-order valence-electron chi connectivity index (χ4n) is 4.80. The van der Waals surface area contributed by atoms with Crippen LogP contribution in [0.1, 0.15) is 27.4 Å². The van der Waals surface area contributed by atoms with E-state index in [1.807, 2.05) is 29.2 Å². The number of esters is 1. The van der Waals surface area contributed by atoms with Crippen molar-refractivity contribution in [3.63, 3.8) is 0 Å². The molecule has 11 nitrogen and oxygen atoms in total. The van der Waals surface area contributed by atoms with E-state index < -0.39 is 36.7 Å². The molecule has 1 fully saturated rings. The molecular formula is C26H30N2O9. The number of hydrogen-bond acceptors (Lipinski definition) is 10. The van der Waals surface area contributed by atoms with E-state index in [0.29, 0.717) is 23.5 Å². The number of amides is 1. The van der Waals surface area contributed by atoms with Gasteiger partial charge in [0.05, 0.1) is 45.5 Å². The van der Waals surface area contributed by atoms with Gasteiger partial charge >= 0.3 is 12.1 Å². The lowest BCUT2D eigenvalue weighted by Gasteiger charge is -2.32. The minimum absolute atomic E-state index is 0.151. The highest BCUT2D eigenvalue weighted by Crippen LogP contribution is 2.45. The van der Waals surface area contributed by atoms with Crippen LogP contribution in [-0.4, -0.2) is 88.3 Å². The van der Waals surface area contributed by atoms with Crippen molar-refractivity contribution in [2.75, 3.05) is 53.3 Å². The molecule has 0 spiro atoms. The maximum atomic E-state index is 13.6. The highest BCUT2D eigenvalue weighted by molar-refractivity contribution is 6.01. The molecule has 37 heavy (non-hydrogen) atoms. The minimum Gasteiger partial charge on any atom is -0.497 e. The van der Waals surface area contributed by atoms with Crippen LogP contribution >= 0.6 is 0 Å². The Morgan fingerprint density at radius 3 is 2.38 bits per heavy atom. The number of ether oxygens (including phenoxy) is 5. The number of nitrogens with zero attached hydrogens (tertiary/aromatic N) is 2. The number of hydrogen-bond donors (Lipinski definition) is 1. The van der Waals surface area contributed by atoms with Gasteiger partial charge in [0.25, 0.3) is 0 Å². The van der Waals surface area contributed by atoms with E-state index in [-0.39, 0.29) is 30.4 Å². The summed E-state index contributed by atoms with van der Waals surface area (Å²) in [6.45, 7) is -0.0312. The molecule has 3 atom stereocenters. The molecule has 2 heterocycles. The first-order valence-electron chi connectivity index (χ1n) is 11.6. The number of aliphatic hydroxyl groups excluding tert-OH is 1. The minimum atomic E-state index is -1.02. The number of fused-ring (bicyclic) bond motifs is 2. The summed E-state index contributed by atoms with van der Waals surface area (Å²) in [5.74, 6) is -1.05. The normalized spacial score (nSPS) is 20.2. The van der Waals surface area contributed by atoms with E-state index in [4.69, 9.17) is 23.7 Å². The van der Waals surface area contributed by atoms with Crippen molar-refractivity contribution in [1.82, 2.24) is 4.90 Å². The standard InChI is InChI=1S/C26H30N2O9/c1-33-14-37-21-10-16(25(31)35-3)9-19-22(21)18(13-29)24(30)23-20(28(23)26(32)36-4)12-27(19)11-15-5-7-17(34-2)8-6-15/h5-10,18,20,23,29H,11-14H2,1-4H3/t18-,20-,23-,28?/m0/s1. The second kappa shape index (κ2) is 11.1. The SMILES string of the molecule is COCOc1cc(C(=O)OC)cc2c1[C@H](CO)C(=O)[C@@H]1[C@H](CN2Cc2ccc(OC)cc2)N1C(=O)OC. The first-order valence-corrected chi connectivity index (χ1v) is 11.6. The highest BCUT2D eigenvalue weighted by atomic mass is 16.7. The van der Waals surface area contributed by atoms with Crippen LogP contribution in [0, 0.1) is 0 Å². The summed E-state index contributed by atoms with van der Waals surface area (Å²) < 4.78 is 26.0. The smallest absolute Gasteiger partial charge is 0.410 e. The number of anilines is 1. The van der Waals surface area contributed by atoms with E-state index in [9.17, 15) is 19.5 Å². The zero-order valence-corrected chi connectivity index (χ0v) is 21.1. The molecular weight excluding hydrogens is 484 g/mol. The summed E-state index contributed by atoms with van der Waals surface area (Å²) in [6.07, 6.45) is -0.624. The molecule has 0 unspecified atom stereocenters. The Morgan fingerprint density at radius 2 is 1.78 bits per heavy atom. The van der Waals surface area contributed by atoms with Gasteiger partial charge in [0.2, 0.25) is 0 Å². The number of carbonyl (C=O) groups excluding carboxylic acids is 3. The Morgan fingerprint density at radius 1 is 1.05 bits per heavy atom. The molecule has 0 bridgehead atoms. The Kier molecular flexibility index (Phi) is 7.84. The van der Waals surface area contributed by atoms with Crippen molar-refractivity contribution >= 4 is 23.5 Å². The summed E-state index contributed by atoms with van der Waals surface area (Å²) in [7, 11) is 5.56. The lowest BCUT2D eigenvalue weighted by atomic mass is 9.87. The number of Topliss-reactive ketones (excluding diaryl/α,β-unsaturated/α-hetero) is 1. The molecule has 0 saturated carbocycles. The van der Waals surface area contributed by atoms with Crippen LogP contribution in [0.4, 0.5) is 10.5 Å². The molecule has 2 aliphatic rings. The van der Waals surface area contributed by atoms with Crippen LogP contribution in [0.15, 0.2) is 36.4 Å². The van der Waals surface area contributed by atoms with Crippen molar-refractivity contribution < 1.29 is 43.2 Å². The van der Waals surface area contributed by atoms with Crippen LogP contribution in [0.25, 0.3) is 0 Å². The fourth-order valence-corrected chi connectivity index (χ4v) is 4.80. The van der Waals surface area contributed by atoms with Crippen LogP contribution in [0.3, 0.4) is 0 Å². The number of aliphatic hydroxyl groups is 1. The Balaban J connectivity index is 1.88. The summed E-state index contributed by atoms with van der Waals surface area (Å²) in [6, 6.07) is 9.33. The second-order valence-electron chi connectivity index (χ2n) is 8.71. The lowest BCUT2D eigenvalue weighted by molar-refractivity contribution is -0.121. The van der Waals surface area contributed by atoms with Gasteiger partial charge in [-0.3, -0.25) is 9.69 Å². The lowest BCUT2D eigenvalue weighted by Crippen LogP contribution is -2.36. The molecule has 4 rings (SSSR count). The van der Waals surface area contributed by atoms with Gasteiger partial charge < -0.3 is 33.7 Å². The summed E-state index contributed by atoms with van der Waals surface area (Å²) >= 11 is 0. The predicted octanol–water partition coefficient (Wildman–Crippen LogP) is 1.95. The molecule has 2 aromatic carbocycles. The molecule has 0 aromatic heterocycles. The molecule has 1 saturated heterocycles. The zero-order valence-electron chi connectivity index (χ0n) is 21.1. The number of rotatable bonds is 8. The van der Waals surface area contributed by atoms with Gasteiger partial charge in [-0.25, -0.2) is 9.59 Å². The fraction of sp³-hybridized carbons (Fsp3) is 0.423. The first kappa shape index (κ1) is 26.2. The molecule has 1 N–H and O–H groups in total. The Labute approximate surface area is 214 Å². The van der Waals surface area contributed by atoms with Crippen molar-refractivity contribution in [2.45, 2.75) is 24.5 Å². The van der Waals surface area contributed by atoms with Gasteiger partial charge in [0.15, 0.2) is 12.6 Å². The van der Waals surface area contributed by atoms with E-state index >= 15 is 0 Å². The summed E-state index contributed by atoms with van der Waals surface area (Å²) in [5.41, 5.74) is 2.03. The molecule has 1 amide bonds. The zero-order chi connectivity index (χ0) is 26.7. The second-order valence-corrected chi connectivity index (χ2v) is 8.71. The Bertz CT molecular complexity index is 1170. The van der Waals surface area contributed by atoms with Crippen molar-refractivity contribution in [3.8, 4) is 11.5 Å². The average Bonchev–Trinajstić information content (AvgIpc) is 3.64. The third-order valence-electron chi connectivity index (χ3n) is 6.64.